The quantitative estimate of drug-likeness (QED) is 0.217. The molecule has 16 heteroatoms. The molecule has 14 nitrogen and oxygen atoms in total. The summed E-state index contributed by atoms with van der Waals surface area (Å²) in [5, 5.41) is 18.8. The van der Waals surface area contributed by atoms with Gasteiger partial charge in [0, 0.05) is 84.3 Å². The van der Waals surface area contributed by atoms with Crippen LogP contribution in [0.25, 0.3) is 15.8 Å². The van der Waals surface area contributed by atoms with E-state index >= 15 is 0 Å². The van der Waals surface area contributed by atoms with Gasteiger partial charge < -0.3 is 9.80 Å². The number of carbonyl (C=O) groups is 3. The average Bonchev–Trinajstić information content (AvgIpc) is 3.71. The van der Waals surface area contributed by atoms with Gasteiger partial charge in [-0.2, -0.15) is 5.10 Å². The Kier molecular flexibility index (Phi) is 10.5. The van der Waals surface area contributed by atoms with Crippen molar-refractivity contribution in [3.63, 3.8) is 0 Å². The van der Waals surface area contributed by atoms with E-state index in [0.29, 0.717) is 40.9 Å². The first-order valence-electron chi connectivity index (χ1n) is 20.4. The van der Waals surface area contributed by atoms with Gasteiger partial charge in [-0.15, -0.1) is 21.5 Å². The maximum atomic E-state index is 14.0. The van der Waals surface area contributed by atoms with Crippen molar-refractivity contribution in [2.75, 3.05) is 50.7 Å². The van der Waals surface area contributed by atoms with Crippen molar-refractivity contribution in [3.05, 3.63) is 96.8 Å². The summed E-state index contributed by atoms with van der Waals surface area (Å²) in [6.45, 7) is 13.9. The van der Waals surface area contributed by atoms with Crippen LogP contribution in [0.1, 0.15) is 83.1 Å². The number of piperidine rings is 2. The number of aryl methyl sites for hydroxylation is 3. The van der Waals surface area contributed by atoms with Gasteiger partial charge in [-0.05, 0) is 82.7 Å². The summed E-state index contributed by atoms with van der Waals surface area (Å²) >= 11 is 7.99. The molecule has 2 atom stereocenters. The Morgan fingerprint density at radius 3 is 2.37 bits per heavy atom. The molecular weight excluding hydrogens is 788 g/mol. The van der Waals surface area contributed by atoms with Crippen molar-refractivity contribution in [2.45, 2.75) is 71.9 Å². The lowest BCUT2D eigenvalue weighted by atomic mass is 9.95. The van der Waals surface area contributed by atoms with E-state index < -0.39 is 18.0 Å². The minimum Gasteiger partial charge on any atom is -0.369 e. The van der Waals surface area contributed by atoms with Crippen molar-refractivity contribution in [1.82, 2.24) is 39.7 Å². The molecule has 1 unspecified atom stereocenters. The van der Waals surface area contributed by atoms with Crippen LogP contribution in [-0.2, 0) is 14.4 Å². The molecule has 7 heterocycles. The van der Waals surface area contributed by atoms with Crippen LogP contribution in [0.2, 0.25) is 5.02 Å². The Bertz CT molecular complexity index is 2580. The number of halogens is 1. The van der Waals surface area contributed by atoms with Gasteiger partial charge in [0.15, 0.2) is 5.82 Å². The molecule has 4 aliphatic heterocycles. The topological polar surface area (TPSA) is 151 Å². The van der Waals surface area contributed by atoms with Crippen molar-refractivity contribution >= 4 is 62.8 Å². The minimum absolute atomic E-state index is 0.0804. The molecule has 9 rings (SSSR count). The van der Waals surface area contributed by atoms with E-state index in [4.69, 9.17) is 16.6 Å². The number of aliphatic imine (C=N–C) groups is 1. The van der Waals surface area contributed by atoms with Gasteiger partial charge in [-0.25, -0.2) is 4.68 Å². The van der Waals surface area contributed by atoms with Gasteiger partial charge in [-0.3, -0.25) is 39.0 Å². The Morgan fingerprint density at radius 1 is 0.898 bits per heavy atom. The van der Waals surface area contributed by atoms with Gasteiger partial charge in [0.25, 0.3) is 11.5 Å². The van der Waals surface area contributed by atoms with Crippen LogP contribution in [0.4, 0.5) is 5.69 Å². The zero-order chi connectivity index (χ0) is 41.1. The number of anilines is 1. The lowest BCUT2D eigenvalue weighted by Gasteiger charge is -2.39. The summed E-state index contributed by atoms with van der Waals surface area (Å²) < 4.78 is 3.34. The minimum atomic E-state index is -0.804. The van der Waals surface area contributed by atoms with Crippen molar-refractivity contribution in [2.24, 2.45) is 10.9 Å². The fourth-order valence-electron chi connectivity index (χ4n) is 9.08. The van der Waals surface area contributed by atoms with Crippen molar-refractivity contribution in [3.8, 4) is 5.00 Å². The normalized spacial score (nSPS) is 20.3. The van der Waals surface area contributed by atoms with E-state index in [0.717, 1.165) is 89.9 Å². The molecule has 59 heavy (non-hydrogen) atoms. The van der Waals surface area contributed by atoms with Crippen molar-refractivity contribution in [1.29, 1.82) is 0 Å². The second kappa shape index (κ2) is 15.7. The number of fused-ring (bicyclic) bond motifs is 4. The number of thiophene rings is 1. The second-order valence-electron chi connectivity index (χ2n) is 16.3. The fourth-order valence-corrected chi connectivity index (χ4v) is 10.4. The Balaban J connectivity index is 0.832. The number of benzene rings is 2. The van der Waals surface area contributed by atoms with Crippen LogP contribution in [-0.4, -0.2) is 104 Å². The lowest BCUT2D eigenvalue weighted by molar-refractivity contribution is -0.136. The number of hydrogen-bond acceptors (Lipinski definition) is 11. The summed E-state index contributed by atoms with van der Waals surface area (Å²) in [7, 11) is 0. The molecule has 0 aliphatic carbocycles. The molecule has 2 aromatic carbocycles. The maximum absolute atomic E-state index is 14.0. The van der Waals surface area contributed by atoms with E-state index in [1.54, 1.807) is 11.3 Å². The molecule has 0 saturated carbocycles. The van der Waals surface area contributed by atoms with Gasteiger partial charge in [0.1, 0.15) is 22.9 Å². The molecule has 0 bridgehead atoms. The molecule has 0 radical (unpaired) electrons. The number of carbonyl (C=O) groups excluding carboxylic acids is 3. The number of nitrogens with one attached hydrogen (secondary N) is 1. The monoisotopic (exact) mass is 834 g/mol. The molecule has 5 aromatic rings. The standard InChI is InChI=1S/C43H47ClN10O4S/c1-24-26(3)59-43-38(24)39(29-5-7-30(44)8-6-29)45-34(40-48-47-27(4)53(40)43)22-37(56)52-15-13-28(14-16-52)23-50-17-19-51(20-18-50)31-9-10-32-25(2)49-54(42(58)33(32)21-31)35-11-12-36(55)46-41(35)57/h5-10,21,28,34-35H,11-20,22-23H2,1-4H3,(H,46,55,57)/t34-,35?/m0/s1. The molecule has 0 spiro atoms. The summed E-state index contributed by atoms with van der Waals surface area (Å²) in [5.74, 6) is 1.22. The summed E-state index contributed by atoms with van der Waals surface area (Å²) in [6, 6.07) is 12.4. The first kappa shape index (κ1) is 39.2. The molecule has 3 saturated heterocycles. The number of nitrogens with zero attached hydrogens (tertiary/aromatic N) is 9. The molecular formula is C43H47ClN10O4S. The number of rotatable bonds is 7. The number of aromatic nitrogens is 5. The highest BCUT2D eigenvalue weighted by atomic mass is 35.5. The van der Waals surface area contributed by atoms with Gasteiger partial charge >= 0.3 is 0 Å². The lowest BCUT2D eigenvalue weighted by Crippen LogP contribution is -2.49. The Morgan fingerprint density at radius 2 is 1.64 bits per heavy atom. The molecule has 3 aromatic heterocycles. The van der Waals surface area contributed by atoms with Crippen LogP contribution in [0, 0.1) is 33.6 Å². The van der Waals surface area contributed by atoms with Crippen LogP contribution in [0.3, 0.4) is 0 Å². The molecule has 306 valence electrons. The van der Waals surface area contributed by atoms with Crippen LogP contribution in [0.15, 0.2) is 52.3 Å². The van der Waals surface area contributed by atoms with E-state index in [1.807, 2.05) is 61.2 Å². The van der Waals surface area contributed by atoms with Crippen LogP contribution in [0.5, 0.6) is 0 Å². The highest BCUT2D eigenvalue weighted by molar-refractivity contribution is 7.15. The summed E-state index contributed by atoms with van der Waals surface area (Å²) in [6.07, 6.45) is 2.53. The number of amides is 3. The SMILES string of the molecule is Cc1sc2c(c1C)C(c1ccc(Cl)cc1)=N[C@@H](CC(=O)N1CCC(CN3CCN(c4ccc5c(C)nn(C6CCC(=O)NC6=O)c(=O)c5c4)CC3)CC1)c1nnc(C)n1-2. The zero-order valence-corrected chi connectivity index (χ0v) is 35.3. The first-order valence-corrected chi connectivity index (χ1v) is 21.6. The van der Waals surface area contributed by atoms with E-state index in [2.05, 4.69) is 48.8 Å². The predicted molar refractivity (Wildman–Crippen MR) is 228 cm³/mol. The molecule has 3 fully saturated rings. The third kappa shape index (κ3) is 7.37. The average molecular weight is 835 g/mol. The van der Waals surface area contributed by atoms with E-state index in [1.165, 1.54) is 9.56 Å². The zero-order valence-electron chi connectivity index (χ0n) is 33.7. The van der Waals surface area contributed by atoms with Gasteiger partial charge in [0.2, 0.25) is 11.8 Å². The van der Waals surface area contributed by atoms with E-state index in [9.17, 15) is 19.2 Å². The Hall–Kier alpha value is -5.25. The number of hydrogen-bond donors (Lipinski definition) is 1. The third-order valence-electron chi connectivity index (χ3n) is 12.5. The number of piperazine rings is 1. The van der Waals surface area contributed by atoms with Crippen LogP contribution >= 0.6 is 22.9 Å². The summed E-state index contributed by atoms with van der Waals surface area (Å²) in [5.41, 5.74) is 5.32. The number of likely N-dealkylation sites (tertiary alicyclic amines) is 1. The largest absolute Gasteiger partial charge is 0.369 e. The van der Waals surface area contributed by atoms with Crippen LogP contribution < -0.4 is 15.8 Å². The number of imide groups is 1. The maximum Gasteiger partial charge on any atom is 0.275 e. The summed E-state index contributed by atoms with van der Waals surface area (Å²) in [4.78, 5) is 65.3. The molecule has 4 aliphatic rings. The van der Waals surface area contributed by atoms with Gasteiger partial charge in [-0.1, -0.05) is 29.8 Å². The smallest absolute Gasteiger partial charge is 0.275 e. The first-order chi connectivity index (χ1) is 28.4. The highest BCUT2D eigenvalue weighted by Gasteiger charge is 2.35. The van der Waals surface area contributed by atoms with E-state index in [-0.39, 0.29) is 36.6 Å². The highest BCUT2D eigenvalue weighted by Crippen LogP contribution is 2.40. The molecule has 3 amide bonds. The fraction of sp³-hybridized carbons (Fsp3) is 0.442. The molecule has 1 N–H and O–H groups in total. The third-order valence-corrected chi connectivity index (χ3v) is 14.0. The van der Waals surface area contributed by atoms with Gasteiger partial charge in [0.05, 0.1) is 23.2 Å². The predicted octanol–water partition coefficient (Wildman–Crippen LogP) is 5.25. The second-order valence-corrected chi connectivity index (χ2v) is 17.9. The Labute approximate surface area is 350 Å². The van der Waals surface area contributed by atoms with Crippen molar-refractivity contribution < 1.29 is 14.4 Å².